The molecule has 0 saturated carbocycles. The summed E-state index contributed by atoms with van der Waals surface area (Å²) >= 11 is 0. The van der Waals surface area contributed by atoms with Gasteiger partial charge in [-0.25, -0.2) is 4.98 Å². The van der Waals surface area contributed by atoms with Crippen LogP contribution in [0.4, 0.5) is 0 Å². The van der Waals surface area contributed by atoms with Gasteiger partial charge in [-0.05, 0) is 26.0 Å². The molecule has 0 bridgehead atoms. The molecule has 0 aliphatic carbocycles. The third-order valence-corrected chi connectivity index (χ3v) is 2.41. The Morgan fingerprint density at radius 2 is 1.94 bits per heavy atom. The predicted molar refractivity (Wildman–Crippen MR) is 72.5 cm³/mol. The fourth-order valence-electron chi connectivity index (χ4n) is 1.77. The van der Waals surface area contributed by atoms with Gasteiger partial charge in [-0.2, -0.15) is 0 Å². The molecule has 1 aromatic heterocycles. The predicted octanol–water partition coefficient (Wildman–Crippen LogP) is 2.92. The van der Waals surface area contributed by atoms with Crippen molar-refractivity contribution in [2.24, 2.45) is 5.73 Å². The molecule has 0 saturated heterocycles. The number of hydrogen-bond acceptors (Lipinski definition) is 2. The van der Waals surface area contributed by atoms with E-state index in [1.54, 1.807) is 0 Å². The van der Waals surface area contributed by atoms with Crippen LogP contribution in [0, 0.1) is 0 Å². The molecule has 0 fully saturated rings. The van der Waals surface area contributed by atoms with E-state index in [-0.39, 0.29) is 30.9 Å². The lowest BCUT2D eigenvalue weighted by Gasteiger charge is -2.07. The third kappa shape index (κ3) is 2.48. The standard InChI is InChI=1S/C11H15N3.2ClH/c1-3-14-10-7-5-4-6-9(10)13-11(14)8(2)12;;/h4-8H,3,12H2,1-2H3;2*1H. The topological polar surface area (TPSA) is 43.8 Å². The average molecular weight is 262 g/mol. The first-order valence-electron chi connectivity index (χ1n) is 4.94. The van der Waals surface area contributed by atoms with Crippen LogP contribution in [0.25, 0.3) is 11.0 Å². The van der Waals surface area contributed by atoms with Gasteiger partial charge in [0.2, 0.25) is 0 Å². The Labute approximate surface area is 108 Å². The Morgan fingerprint density at radius 3 is 2.50 bits per heavy atom. The molecule has 0 spiro atoms. The van der Waals surface area contributed by atoms with Gasteiger partial charge in [-0.1, -0.05) is 12.1 Å². The molecule has 0 radical (unpaired) electrons. The number of para-hydroxylation sites is 2. The molecule has 2 N–H and O–H groups in total. The highest BCUT2D eigenvalue weighted by Crippen LogP contribution is 2.18. The fourth-order valence-corrected chi connectivity index (χ4v) is 1.77. The lowest BCUT2D eigenvalue weighted by atomic mass is 10.3. The first kappa shape index (κ1) is 15.2. The minimum absolute atomic E-state index is 0. The minimum Gasteiger partial charge on any atom is -0.327 e. The molecule has 1 heterocycles. The van der Waals surface area contributed by atoms with Gasteiger partial charge in [0.25, 0.3) is 0 Å². The fraction of sp³-hybridized carbons (Fsp3) is 0.364. The highest BCUT2D eigenvalue weighted by molar-refractivity contribution is 5.85. The van der Waals surface area contributed by atoms with Crippen LogP contribution in [0.3, 0.4) is 0 Å². The molecule has 1 unspecified atom stereocenters. The Hall–Kier alpha value is -0.770. The summed E-state index contributed by atoms with van der Waals surface area (Å²) in [4.78, 5) is 4.52. The summed E-state index contributed by atoms with van der Waals surface area (Å²) in [6.45, 7) is 4.99. The second-order valence-electron chi connectivity index (χ2n) is 3.49. The summed E-state index contributed by atoms with van der Waals surface area (Å²) in [7, 11) is 0. The molecule has 1 aromatic carbocycles. The van der Waals surface area contributed by atoms with Crippen LogP contribution >= 0.6 is 24.8 Å². The van der Waals surface area contributed by atoms with Crippen molar-refractivity contribution < 1.29 is 0 Å². The summed E-state index contributed by atoms with van der Waals surface area (Å²) < 4.78 is 2.17. The van der Waals surface area contributed by atoms with Gasteiger partial charge in [-0.15, -0.1) is 24.8 Å². The van der Waals surface area contributed by atoms with E-state index in [1.807, 2.05) is 25.1 Å². The Morgan fingerprint density at radius 1 is 1.31 bits per heavy atom. The number of benzene rings is 1. The van der Waals surface area contributed by atoms with Crippen LogP contribution in [-0.4, -0.2) is 9.55 Å². The van der Waals surface area contributed by atoms with Crippen molar-refractivity contribution >= 4 is 35.8 Å². The third-order valence-electron chi connectivity index (χ3n) is 2.41. The summed E-state index contributed by atoms with van der Waals surface area (Å²) in [5.41, 5.74) is 8.07. The molecular formula is C11H17Cl2N3. The highest BCUT2D eigenvalue weighted by atomic mass is 35.5. The largest absolute Gasteiger partial charge is 0.327 e. The molecule has 3 nitrogen and oxygen atoms in total. The maximum absolute atomic E-state index is 5.87. The van der Waals surface area contributed by atoms with E-state index in [4.69, 9.17) is 5.73 Å². The van der Waals surface area contributed by atoms with Gasteiger partial charge in [-0.3, -0.25) is 0 Å². The van der Waals surface area contributed by atoms with E-state index >= 15 is 0 Å². The van der Waals surface area contributed by atoms with Gasteiger partial charge >= 0.3 is 0 Å². The summed E-state index contributed by atoms with van der Waals surface area (Å²) in [6, 6.07) is 8.12. The molecule has 90 valence electrons. The van der Waals surface area contributed by atoms with E-state index in [0.717, 1.165) is 17.9 Å². The van der Waals surface area contributed by atoms with Crippen LogP contribution in [0.1, 0.15) is 25.7 Å². The highest BCUT2D eigenvalue weighted by Gasteiger charge is 2.11. The van der Waals surface area contributed by atoms with Crippen LogP contribution in [0.5, 0.6) is 0 Å². The zero-order chi connectivity index (χ0) is 10.1. The van der Waals surface area contributed by atoms with Crippen molar-refractivity contribution in [2.45, 2.75) is 26.4 Å². The van der Waals surface area contributed by atoms with Crippen LogP contribution < -0.4 is 5.73 Å². The lowest BCUT2D eigenvalue weighted by Crippen LogP contribution is -2.12. The van der Waals surface area contributed by atoms with Gasteiger partial charge in [0.05, 0.1) is 17.1 Å². The molecule has 0 aliphatic rings. The number of halogens is 2. The van der Waals surface area contributed by atoms with Crippen molar-refractivity contribution in [3.8, 4) is 0 Å². The molecule has 16 heavy (non-hydrogen) atoms. The number of rotatable bonds is 2. The molecule has 0 aliphatic heterocycles. The van der Waals surface area contributed by atoms with Gasteiger partial charge in [0.15, 0.2) is 0 Å². The second kappa shape index (κ2) is 6.09. The first-order chi connectivity index (χ1) is 6.74. The van der Waals surface area contributed by atoms with Gasteiger partial charge < -0.3 is 10.3 Å². The molecule has 2 rings (SSSR count). The minimum atomic E-state index is -0.0117. The maximum atomic E-state index is 5.87. The first-order valence-corrected chi connectivity index (χ1v) is 4.94. The monoisotopic (exact) mass is 261 g/mol. The van der Waals surface area contributed by atoms with Crippen LogP contribution in [-0.2, 0) is 6.54 Å². The second-order valence-corrected chi connectivity index (χ2v) is 3.49. The molecule has 1 atom stereocenters. The number of nitrogens with two attached hydrogens (primary N) is 1. The van der Waals surface area contributed by atoms with E-state index in [0.29, 0.717) is 0 Å². The van der Waals surface area contributed by atoms with Crippen molar-refractivity contribution in [3.63, 3.8) is 0 Å². The number of imidazole rings is 1. The van der Waals surface area contributed by atoms with E-state index in [9.17, 15) is 0 Å². The normalized spacial score (nSPS) is 11.7. The Balaban J connectivity index is 0.00000112. The van der Waals surface area contributed by atoms with Gasteiger partial charge in [0, 0.05) is 6.54 Å². The van der Waals surface area contributed by atoms with Crippen LogP contribution in [0.2, 0.25) is 0 Å². The number of nitrogens with zero attached hydrogens (tertiary/aromatic N) is 2. The zero-order valence-electron chi connectivity index (χ0n) is 9.38. The molecule has 0 amide bonds. The smallest absolute Gasteiger partial charge is 0.126 e. The maximum Gasteiger partial charge on any atom is 0.126 e. The van der Waals surface area contributed by atoms with E-state index in [1.165, 1.54) is 5.52 Å². The van der Waals surface area contributed by atoms with E-state index in [2.05, 4.69) is 22.5 Å². The van der Waals surface area contributed by atoms with Gasteiger partial charge in [0.1, 0.15) is 5.82 Å². The average Bonchev–Trinajstić information content (AvgIpc) is 2.56. The number of fused-ring (bicyclic) bond motifs is 1. The number of aromatic nitrogens is 2. The molecule has 5 heteroatoms. The van der Waals surface area contributed by atoms with Crippen LogP contribution in [0.15, 0.2) is 24.3 Å². The van der Waals surface area contributed by atoms with Crippen molar-refractivity contribution in [2.75, 3.05) is 0 Å². The van der Waals surface area contributed by atoms with Crippen molar-refractivity contribution in [1.29, 1.82) is 0 Å². The Bertz CT molecular complexity index is 451. The van der Waals surface area contributed by atoms with Crippen molar-refractivity contribution in [1.82, 2.24) is 9.55 Å². The number of aryl methyl sites for hydroxylation is 1. The molecule has 2 aromatic rings. The quantitative estimate of drug-likeness (QED) is 0.904. The number of hydrogen-bond donors (Lipinski definition) is 1. The molecular weight excluding hydrogens is 245 g/mol. The summed E-state index contributed by atoms with van der Waals surface area (Å²) in [5.74, 6) is 0.966. The zero-order valence-corrected chi connectivity index (χ0v) is 11.0. The SMILES string of the molecule is CCn1c(C(C)N)nc2ccccc21.Cl.Cl. The van der Waals surface area contributed by atoms with Crippen molar-refractivity contribution in [3.05, 3.63) is 30.1 Å². The summed E-state index contributed by atoms with van der Waals surface area (Å²) in [6.07, 6.45) is 0. The van der Waals surface area contributed by atoms with E-state index < -0.39 is 0 Å². The Kier molecular flexibility index (Phi) is 5.79. The summed E-state index contributed by atoms with van der Waals surface area (Å²) in [5, 5.41) is 0. The lowest BCUT2D eigenvalue weighted by molar-refractivity contribution is 0.650.